The maximum absolute atomic E-state index is 10.8. The van der Waals surface area contributed by atoms with E-state index in [4.69, 9.17) is 11.6 Å². The summed E-state index contributed by atoms with van der Waals surface area (Å²) in [5.74, 6) is 8.66. The van der Waals surface area contributed by atoms with E-state index in [0.29, 0.717) is 17.8 Å². The second kappa shape index (κ2) is 8.57. The van der Waals surface area contributed by atoms with Gasteiger partial charge in [-0.1, -0.05) is 69.7 Å². The van der Waals surface area contributed by atoms with Gasteiger partial charge in [0, 0.05) is 17.0 Å². The average Bonchev–Trinajstić information content (AvgIpc) is 3.15. The van der Waals surface area contributed by atoms with Crippen LogP contribution in [0.15, 0.2) is 47.1 Å². The van der Waals surface area contributed by atoms with E-state index in [2.05, 4.69) is 52.5 Å². The number of aliphatic hydroxyl groups is 1. The van der Waals surface area contributed by atoms with Gasteiger partial charge in [0.1, 0.15) is 0 Å². The van der Waals surface area contributed by atoms with E-state index in [9.17, 15) is 5.11 Å². The summed E-state index contributed by atoms with van der Waals surface area (Å²) in [5, 5.41) is 11.5. The van der Waals surface area contributed by atoms with E-state index in [1.54, 1.807) is 16.7 Å². The van der Waals surface area contributed by atoms with Crippen LogP contribution in [0.25, 0.3) is 0 Å². The molecule has 0 unspecified atom stereocenters. The highest BCUT2D eigenvalue weighted by atomic mass is 35.5. The van der Waals surface area contributed by atoms with E-state index < -0.39 is 0 Å². The van der Waals surface area contributed by atoms with Crippen molar-refractivity contribution < 1.29 is 5.11 Å². The highest BCUT2D eigenvalue weighted by Gasteiger charge is 2.57. The van der Waals surface area contributed by atoms with E-state index in [1.807, 2.05) is 24.3 Å². The Morgan fingerprint density at radius 2 is 1.76 bits per heavy atom. The summed E-state index contributed by atoms with van der Waals surface area (Å²) < 4.78 is 0. The van der Waals surface area contributed by atoms with Gasteiger partial charge >= 0.3 is 0 Å². The molecule has 0 aliphatic heterocycles. The van der Waals surface area contributed by atoms with Gasteiger partial charge in [0.25, 0.3) is 0 Å². The van der Waals surface area contributed by atoms with Crippen molar-refractivity contribution in [1.29, 1.82) is 0 Å². The lowest BCUT2D eigenvalue weighted by molar-refractivity contribution is -0.0905. The van der Waals surface area contributed by atoms with Crippen LogP contribution in [0, 0.1) is 45.8 Å². The molecule has 1 N–H and O–H groups in total. The molecule has 1 aromatic carbocycles. The molecule has 0 saturated heterocycles. The lowest BCUT2D eigenvalue weighted by Crippen LogP contribution is -2.53. The smallest absolute Gasteiger partial charge is 0.0594 e. The molecule has 0 bridgehead atoms. The van der Waals surface area contributed by atoms with Gasteiger partial charge in [-0.3, -0.25) is 0 Å². The summed E-state index contributed by atoms with van der Waals surface area (Å²) in [6.45, 7) is 12.1. The molecule has 1 fully saturated rings. The molecule has 4 aliphatic carbocycles. The minimum absolute atomic E-state index is 0.0101. The molecule has 1 nitrogen and oxygen atoms in total. The Hall–Kier alpha value is -1.49. The Kier molecular flexibility index (Phi) is 6.10. The molecule has 0 radical (unpaired) electrons. The van der Waals surface area contributed by atoms with Gasteiger partial charge in [0.15, 0.2) is 0 Å². The average molecular weight is 477 g/mol. The quantitative estimate of drug-likeness (QED) is 0.425. The molecular formula is C32H41ClO. The standard InChI is InChI=1S/C32H41ClO/c1-21(7-6-8-22-9-11-23(33)12-10-22)25-14-15-26-24-13-16-28-30(2,3)29(34)18-20-32(28,5)27(24)17-19-31(25,26)4/h9-12,15,21,25,28-29,34H,7,13-14,16-20H2,1-5H3/t21-,25-,28+,29+,31-,32-/m1/s1. The summed E-state index contributed by atoms with van der Waals surface area (Å²) in [5.41, 5.74) is 6.74. The predicted octanol–water partition coefficient (Wildman–Crippen LogP) is 8.36. The Morgan fingerprint density at radius 3 is 2.50 bits per heavy atom. The highest BCUT2D eigenvalue weighted by Crippen LogP contribution is 2.66. The second-order valence-corrected chi connectivity index (χ2v) is 13.1. The number of fused-ring (bicyclic) bond motifs is 4. The third-order valence-electron chi connectivity index (χ3n) is 10.6. The first-order chi connectivity index (χ1) is 16.1. The number of halogens is 1. The number of hydrogen-bond donors (Lipinski definition) is 1. The summed E-state index contributed by atoms with van der Waals surface area (Å²) in [4.78, 5) is 0. The zero-order valence-electron chi connectivity index (χ0n) is 21.7. The van der Waals surface area contributed by atoms with Crippen LogP contribution in [0.1, 0.15) is 91.5 Å². The summed E-state index contributed by atoms with van der Waals surface area (Å²) in [7, 11) is 0. The molecule has 5 rings (SSSR count). The van der Waals surface area contributed by atoms with Gasteiger partial charge in [-0.15, -0.1) is 0 Å². The predicted molar refractivity (Wildman–Crippen MR) is 143 cm³/mol. The van der Waals surface area contributed by atoms with Crippen molar-refractivity contribution in [3.05, 3.63) is 57.6 Å². The number of rotatable bonds is 2. The van der Waals surface area contributed by atoms with Crippen molar-refractivity contribution in [3.63, 3.8) is 0 Å². The lowest BCUT2D eigenvalue weighted by atomic mass is 9.46. The Bertz CT molecular complexity index is 1080. The third-order valence-corrected chi connectivity index (χ3v) is 10.9. The molecule has 4 aliphatic rings. The van der Waals surface area contributed by atoms with Gasteiger partial charge in [0.2, 0.25) is 0 Å². The fraction of sp³-hybridized carbons (Fsp3) is 0.625. The van der Waals surface area contributed by atoms with Crippen LogP contribution in [-0.4, -0.2) is 11.2 Å². The van der Waals surface area contributed by atoms with Gasteiger partial charge < -0.3 is 5.11 Å². The first-order valence-electron chi connectivity index (χ1n) is 13.4. The molecule has 0 amide bonds. The summed E-state index contributed by atoms with van der Waals surface area (Å²) in [6.07, 6.45) is 11.6. The van der Waals surface area contributed by atoms with Gasteiger partial charge in [-0.25, -0.2) is 0 Å². The molecule has 0 heterocycles. The van der Waals surface area contributed by atoms with E-state index >= 15 is 0 Å². The zero-order valence-corrected chi connectivity index (χ0v) is 22.4. The summed E-state index contributed by atoms with van der Waals surface area (Å²) >= 11 is 6.01. The van der Waals surface area contributed by atoms with Crippen molar-refractivity contribution in [2.24, 2.45) is 34.0 Å². The fourth-order valence-electron chi connectivity index (χ4n) is 8.57. The van der Waals surface area contributed by atoms with Crippen molar-refractivity contribution in [2.45, 2.75) is 92.1 Å². The molecule has 0 aromatic heterocycles. The number of aliphatic hydroxyl groups excluding tert-OH is 1. The molecule has 34 heavy (non-hydrogen) atoms. The van der Waals surface area contributed by atoms with Crippen LogP contribution in [0.5, 0.6) is 0 Å². The highest BCUT2D eigenvalue weighted by molar-refractivity contribution is 6.30. The molecule has 6 atom stereocenters. The van der Waals surface area contributed by atoms with Gasteiger partial charge in [-0.05, 0) is 114 Å². The Balaban J connectivity index is 1.36. The van der Waals surface area contributed by atoms with Crippen molar-refractivity contribution >= 4 is 11.6 Å². The second-order valence-electron chi connectivity index (χ2n) is 12.7. The molecular weight excluding hydrogens is 436 g/mol. The van der Waals surface area contributed by atoms with Crippen LogP contribution in [0.2, 0.25) is 5.02 Å². The zero-order chi connectivity index (χ0) is 24.3. The minimum Gasteiger partial charge on any atom is -0.393 e. The summed E-state index contributed by atoms with van der Waals surface area (Å²) in [6, 6.07) is 7.85. The topological polar surface area (TPSA) is 20.2 Å². The number of benzene rings is 1. The Morgan fingerprint density at radius 1 is 1.03 bits per heavy atom. The molecule has 2 heteroatoms. The molecule has 1 aromatic rings. The van der Waals surface area contributed by atoms with Crippen LogP contribution < -0.4 is 0 Å². The largest absolute Gasteiger partial charge is 0.393 e. The number of allylic oxidation sites excluding steroid dienone is 4. The Labute approximate surface area is 212 Å². The maximum atomic E-state index is 10.8. The van der Waals surface area contributed by atoms with Crippen LogP contribution >= 0.6 is 11.6 Å². The van der Waals surface area contributed by atoms with Gasteiger partial charge in [-0.2, -0.15) is 0 Å². The SMILES string of the molecule is C[C@H](CC#Cc1ccc(Cl)cc1)[C@H]1CC=C2C3=C(CC[C@@]21C)[C@@]1(C)CC[C@H](O)C(C)(C)[C@@H]1CC3. The van der Waals surface area contributed by atoms with Crippen molar-refractivity contribution in [3.8, 4) is 11.8 Å². The minimum atomic E-state index is -0.161. The molecule has 182 valence electrons. The van der Waals surface area contributed by atoms with Crippen LogP contribution in [0.4, 0.5) is 0 Å². The maximum Gasteiger partial charge on any atom is 0.0594 e. The molecule has 0 spiro atoms. The van der Waals surface area contributed by atoms with Crippen molar-refractivity contribution in [2.75, 3.05) is 0 Å². The monoisotopic (exact) mass is 476 g/mol. The number of hydrogen-bond acceptors (Lipinski definition) is 1. The fourth-order valence-corrected chi connectivity index (χ4v) is 8.69. The normalized spacial score (nSPS) is 37.0. The van der Waals surface area contributed by atoms with E-state index in [1.165, 1.54) is 32.1 Å². The first-order valence-corrected chi connectivity index (χ1v) is 13.8. The van der Waals surface area contributed by atoms with Gasteiger partial charge in [0.05, 0.1) is 6.10 Å². The first kappa shape index (κ1) is 24.2. The van der Waals surface area contributed by atoms with Crippen LogP contribution in [-0.2, 0) is 0 Å². The lowest BCUT2D eigenvalue weighted by Gasteiger charge is -2.59. The molecule has 1 saturated carbocycles. The third kappa shape index (κ3) is 3.72. The van der Waals surface area contributed by atoms with E-state index in [-0.39, 0.29) is 22.3 Å². The van der Waals surface area contributed by atoms with Crippen molar-refractivity contribution in [1.82, 2.24) is 0 Å². The van der Waals surface area contributed by atoms with E-state index in [0.717, 1.165) is 29.8 Å². The van der Waals surface area contributed by atoms with Crippen LogP contribution in [0.3, 0.4) is 0 Å².